The van der Waals surface area contributed by atoms with Gasteiger partial charge in [0.1, 0.15) is 0 Å². The van der Waals surface area contributed by atoms with Crippen LogP contribution in [-0.2, 0) is 16.0 Å². The van der Waals surface area contributed by atoms with Crippen molar-refractivity contribution < 1.29 is 9.53 Å². The molecule has 0 bridgehead atoms. The molecule has 1 rings (SSSR count). The summed E-state index contributed by atoms with van der Waals surface area (Å²) in [5.74, 6) is -0.174. The number of carbonyl (C=O) groups excluding carboxylic acids is 1. The number of benzene rings is 1. The third kappa shape index (κ3) is 4.38. The molecule has 1 aromatic rings. The van der Waals surface area contributed by atoms with E-state index in [9.17, 15) is 4.79 Å². The zero-order valence-corrected chi connectivity index (χ0v) is 11.3. The van der Waals surface area contributed by atoms with Gasteiger partial charge in [0.2, 0.25) is 0 Å². The van der Waals surface area contributed by atoms with Crippen LogP contribution < -0.4 is 0 Å². The first-order valence-electron chi connectivity index (χ1n) is 4.73. The van der Waals surface area contributed by atoms with Crippen molar-refractivity contribution in [3.8, 4) is 0 Å². The maximum Gasteiger partial charge on any atom is 0.306 e. The number of rotatable bonds is 4. The summed E-state index contributed by atoms with van der Waals surface area (Å²) in [5, 5.41) is 0.708. The molecule has 0 N–H and O–H groups in total. The van der Waals surface area contributed by atoms with Crippen LogP contribution in [0.15, 0.2) is 18.2 Å². The van der Waals surface area contributed by atoms with E-state index < -0.39 is 0 Å². The van der Waals surface area contributed by atoms with Gasteiger partial charge < -0.3 is 4.74 Å². The van der Waals surface area contributed by atoms with E-state index in [0.29, 0.717) is 24.5 Å². The summed E-state index contributed by atoms with van der Waals surface area (Å²) in [6.07, 6.45) is 1.02. The van der Waals surface area contributed by atoms with Crippen molar-refractivity contribution in [3.05, 3.63) is 32.4 Å². The summed E-state index contributed by atoms with van der Waals surface area (Å²) in [4.78, 5) is 11.1. The van der Waals surface area contributed by atoms with E-state index in [1.165, 1.54) is 0 Å². The molecule has 0 atom stereocenters. The first kappa shape index (κ1) is 12.8. The quantitative estimate of drug-likeness (QED) is 0.621. The molecule has 0 aliphatic rings. The monoisotopic (exact) mass is 338 g/mol. The lowest BCUT2D eigenvalue weighted by Gasteiger charge is -2.04. The standard InChI is InChI=1S/C11H12ClIO2/c1-2-15-11(14)6-3-8-7-9(13)4-5-10(8)12/h4-5,7H,2-3,6H2,1H3. The lowest BCUT2D eigenvalue weighted by atomic mass is 10.1. The molecule has 0 unspecified atom stereocenters. The number of carbonyl (C=O) groups is 1. The fourth-order valence-electron chi connectivity index (χ4n) is 1.20. The summed E-state index contributed by atoms with van der Waals surface area (Å²) in [7, 11) is 0. The molecule has 0 amide bonds. The molecule has 0 aliphatic heterocycles. The lowest BCUT2D eigenvalue weighted by molar-refractivity contribution is -0.143. The summed E-state index contributed by atoms with van der Waals surface area (Å²) in [6, 6.07) is 5.78. The zero-order valence-electron chi connectivity index (χ0n) is 8.43. The van der Waals surface area contributed by atoms with Crippen LogP contribution in [0.5, 0.6) is 0 Å². The van der Waals surface area contributed by atoms with Crippen LogP contribution in [0.1, 0.15) is 18.9 Å². The predicted molar refractivity (Wildman–Crippen MR) is 69.1 cm³/mol. The molecule has 0 radical (unpaired) electrons. The molecule has 0 aliphatic carbocycles. The molecule has 15 heavy (non-hydrogen) atoms. The Bertz CT molecular complexity index is 352. The van der Waals surface area contributed by atoms with Gasteiger partial charge >= 0.3 is 5.97 Å². The van der Waals surface area contributed by atoms with E-state index in [2.05, 4.69) is 22.6 Å². The molecule has 0 saturated heterocycles. The van der Waals surface area contributed by atoms with Gasteiger partial charge in [0.15, 0.2) is 0 Å². The smallest absolute Gasteiger partial charge is 0.306 e. The van der Waals surface area contributed by atoms with Crippen LogP contribution in [0, 0.1) is 3.57 Å². The molecule has 0 aromatic heterocycles. The van der Waals surface area contributed by atoms with Gasteiger partial charge in [-0.3, -0.25) is 4.79 Å². The molecule has 0 fully saturated rings. The minimum atomic E-state index is -0.174. The Morgan fingerprint density at radius 3 is 2.93 bits per heavy atom. The number of aryl methyl sites for hydroxylation is 1. The largest absolute Gasteiger partial charge is 0.466 e. The van der Waals surface area contributed by atoms with E-state index in [1.54, 1.807) is 6.92 Å². The second kappa shape index (κ2) is 6.33. The molecule has 0 spiro atoms. The van der Waals surface area contributed by atoms with Crippen LogP contribution in [0.4, 0.5) is 0 Å². The van der Waals surface area contributed by atoms with Crippen molar-refractivity contribution in [1.29, 1.82) is 0 Å². The SMILES string of the molecule is CCOC(=O)CCc1cc(I)ccc1Cl. The van der Waals surface area contributed by atoms with E-state index in [-0.39, 0.29) is 5.97 Å². The van der Waals surface area contributed by atoms with E-state index in [0.717, 1.165) is 9.13 Å². The predicted octanol–water partition coefficient (Wildman–Crippen LogP) is 3.44. The van der Waals surface area contributed by atoms with Gasteiger partial charge in [-0.1, -0.05) is 11.6 Å². The third-order valence-corrected chi connectivity index (χ3v) is 2.95. The Balaban J connectivity index is 2.57. The average molecular weight is 339 g/mol. The van der Waals surface area contributed by atoms with Gasteiger partial charge in [0.25, 0.3) is 0 Å². The highest BCUT2D eigenvalue weighted by Gasteiger charge is 2.06. The molecule has 0 heterocycles. The molecular weight excluding hydrogens is 326 g/mol. The minimum Gasteiger partial charge on any atom is -0.466 e. The second-order valence-corrected chi connectivity index (χ2v) is 4.69. The lowest BCUT2D eigenvalue weighted by Crippen LogP contribution is -2.05. The molecule has 4 heteroatoms. The fourth-order valence-corrected chi connectivity index (χ4v) is 1.97. The second-order valence-electron chi connectivity index (χ2n) is 3.04. The molecular formula is C11H12ClIO2. The molecule has 2 nitrogen and oxygen atoms in total. The van der Waals surface area contributed by atoms with Gasteiger partial charge in [-0.05, 0) is 59.7 Å². The molecule has 0 saturated carbocycles. The van der Waals surface area contributed by atoms with Crippen LogP contribution in [0.25, 0.3) is 0 Å². The summed E-state index contributed by atoms with van der Waals surface area (Å²) in [5.41, 5.74) is 0.997. The Morgan fingerprint density at radius 2 is 2.27 bits per heavy atom. The van der Waals surface area contributed by atoms with Crippen molar-refractivity contribution in [2.75, 3.05) is 6.61 Å². The van der Waals surface area contributed by atoms with Crippen molar-refractivity contribution in [1.82, 2.24) is 0 Å². The average Bonchev–Trinajstić information content (AvgIpc) is 2.20. The van der Waals surface area contributed by atoms with Crippen molar-refractivity contribution in [3.63, 3.8) is 0 Å². The van der Waals surface area contributed by atoms with Crippen molar-refractivity contribution in [2.24, 2.45) is 0 Å². The number of esters is 1. The Kier molecular flexibility index (Phi) is 5.39. The van der Waals surface area contributed by atoms with Gasteiger partial charge in [-0.15, -0.1) is 0 Å². The normalized spacial score (nSPS) is 10.1. The topological polar surface area (TPSA) is 26.3 Å². The summed E-state index contributed by atoms with van der Waals surface area (Å²) < 4.78 is 5.97. The van der Waals surface area contributed by atoms with E-state index in [1.807, 2.05) is 18.2 Å². The maximum atomic E-state index is 11.1. The van der Waals surface area contributed by atoms with Crippen LogP contribution >= 0.6 is 34.2 Å². The number of hydrogen-bond acceptors (Lipinski definition) is 2. The third-order valence-electron chi connectivity index (χ3n) is 1.91. The minimum absolute atomic E-state index is 0.174. The first-order valence-corrected chi connectivity index (χ1v) is 6.18. The molecule has 1 aromatic carbocycles. The first-order chi connectivity index (χ1) is 7.13. The van der Waals surface area contributed by atoms with E-state index in [4.69, 9.17) is 16.3 Å². The van der Waals surface area contributed by atoms with E-state index >= 15 is 0 Å². The summed E-state index contributed by atoms with van der Waals surface area (Å²) in [6.45, 7) is 2.23. The number of halogens is 2. The highest BCUT2D eigenvalue weighted by Crippen LogP contribution is 2.20. The highest BCUT2D eigenvalue weighted by atomic mass is 127. The Labute approximate surface area is 108 Å². The maximum absolute atomic E-state index is 11.1. The van der Waals surface area contributed by atoms with Crippen molar-refractivity contribution >= 4 is 40.2 Å². The molecule has 82 valence electrons. The summed E-state index contributed by atoms with van der Waals surface area (Å²) >= 11 is 8.22. The Hall–Kier alpha value is -0.290. The highest BCUT2D eigenvalue weighted by molar-refractivity contribution is 14.1. The van der Waals surface area contributed by atoms with Crippen LogP contribution in [0.2, 0.25) is 5.02 Å². The Morgan fingerprint density at radius 1 is 1.53 bits per heavy atom. The van der Waals surface area contributed by atoms with Gasteiger partial charge in [0, 0.05) is 15.0 Å². The van der Waals surface area contributed by atoms with Crippen LogP contribution in [0.3, 0.4) is 0 Å². The zero-order chi connectivity index (χ0) is 11.3. The van der Waals surface area contributed by atoms with Crippen LogP contribution in [-0.4, -0.2) is 12.6 Å². The van der Waals surface area contributed by atoms with Gasteiger partial charge in [0.05, 0.1) is 6.61 Å². The fraction of sp³-hybridized carbons (Fsp3) is 0.364. The van der Waals surface area contributed by atoms with Gasteiger partial charge in [-0.25, -0.2) is 0 Å². The van der Waals surface area contributed by atoms with Crippen molar-refractivity contribution in [2.45, 2.75) is 19.8 Å². The van der Waals surface area contributed by atoms with Gasteiger partial charge in [-0.2, -0.15) is 0 Å². The number of ether oxygens (including phenoxy) is 1. The number of hydrogen-bond donors (Lipinski definition) is 0.